The highest BCUT2D eigenvalue weighted by Gasteiger charge is 2.26. The normalized spacial score (nSPS) is 19.2. The van der Waals surface area contributed by atoms with E-state index in [1.807, 2.05) is 4.90 Å². The average molecular weight is 557 g/mol. The number of hydrogen-bond donors (Lipinski definition) is 4. The van der Waals surface area contributed by atoms with Crippen molar-refractivity contribution < 1.29 is 24.3 Å². The van der Waals surface area contributed by atoms with Crippen molar-refractivity contribution in [1.82, 2.24) is 30.0 Å². The number of aromatic carboxylic acids is 1. The minimum atomic E-state index is -1.01. The summed E-state index contributed by atoms with van der Waals surface area (Å²) in [7, 11) is 4.22. The first-order valence-corrected chi connectivity index (χ1v) is 13.8. The fourth-order valence-corrected chi connectivity index (χ4v) is 5.19. The van der Waals surface area contributed by atoms with Crippen LogP contribution in [0.5, 0.6) is 0 Å². The topological polar surface area (TPSA) is 142 Å². The molecule has 6 rings (SSSR count). The standard InChI is InChI=1S/C14H19N3O2.C9H9NO3.C5H12N2.CH4/c1-16-5-7-17(8-6-16)14(19)12-9-10-11(15-12)3-2-4-13(10)18;11-8-3-1-2-6-5(8)4-7(10-6)9(12)13;1-7-4-2-6-3-5-7;/h9,15H,2-8H2,1H3;4,10H,1-3H2,(H,12,13);6H,2-5H2,1H3;1H4. The summed E-state index contributed by atoms with van der Waals surface area (Å²) >= 11 is 0. The monoisotopic (exact) mass is 556 g/mol. The van der Waals surface area contributed by atoms with E-state index in [2.05, 4.69) is 39.2 Å². The molecule has 4 heterocycles. The van der Waals surface area contributed by atoms with Gasteiger partial charge in [-0.25, -0.2) is 4.79 Å². The first-order chi connectivity index (χ1) is 18.7. The smallest absolute Gasteiger partial charge is 0.352 e. The molecule has 40 heavy (non-hydrogen) atoms. The summed E-state index contributed by atoms with van der Waals surface area (Å²) in [6, 6.07) is 3.18. The molecule has 11 heteroatoms. The molecule has 0 unspecified atom stereocenters. The van der Waals surface area contributed by atoms with Crippen molar-refractivity contribution in [3.8, 4) is 0 Å². The second-order valence-electron chi connectivity index (χ2n) is 10.7. The summed E-state index contributed by atoms with van der Waals surface area (Å²) < 4.78 is 0. The van der Waals surface area contributed by atoms with Crippen molar-refractivity contribution in [2.24, 2.45) is 0 Å². The van der Waals surface area contributed by atoms with Crippen LogP contribution in [-0.4, -0.2) is 120 Å². The second-order valence-corrected chi connectivity index (χ2v) is 10.7. The zero-order valence-electron chi connectivity index (χ0n) is 23.0. The van der Waals surface area contributed by atoms with Gasteiger partial charge in [-0.3, -0.25) is 14.4 Å². The largest absolute Gasteiger partial charge is 0.477 e. The predicted molar refractivity (Wildman–Crippen MR) is 154 cm³/mol. The third-order valence-electron chi connectivity index (χ3n) is 7.65. The van der Waals surface area contributed by atoms with Crippen LogP contribution in [0.2, 0.25) is 0 Å². The number of fused-ring (bicyclic) bond motifs is 2. The van der Waals surface area contributed by atoms with Crippen molar-refractivity contribution in [2.75, 3.05) is 66.5 Å². The van der Waals surface area contributed by atoms with Gasteiger partial charge >= 0.3 is 5.97 Å². The van der Waals surface area contributed by atoms with Crippen molar-refractivity contribution in [3.63, 3.8) is 0 Å². The first-order valence-electron chi connectivity index (χ1n) is 13.8. The maximum atomic E-state index is 12.4. The van der Waals surface area contributed by atoms with Gasteiger partial charge in [0.2, 0.25) is 0 Å². The Morgan fingerprint density at radius 3 is 1.65 bits per heavy atom. The Balaban J connectivity index is 0.000000182. The number of carboxylic acids is 1. The number of Topliss-reactive ketones (excluding diaryl/α,β-unsaturated/α-hetero) is 2. The number of carbonyl (C=O) groups excluding carboxylic acids is 3. The quantitative estimate of drug-likeness (QED) is 0.442. The summed E-state index contributed by atoms with van der Waals surface area (Å²) in [5.74, 6) is -0.780. The van der Waals surface area contributed by atoms with Gasteiger partial charge in [-0.05, 0) is 51.9 Å². The van der Waals surface area contributed by atoms with Crippen LogP contribution < -0.4 is 5.32 Å². The molecular weight excluding hydrogens is 512 g/mol. The van der Waals surface area contributed by atoms with E-state index in [0.717, 1.165) is 81.9 Å². The third-order valence-corrected chi connectivity index (χ3v) is 7.65. The van der Waals surface area contributed by atoms with E-state index >= 15 is 0 Å². The molecule has 2 aromatic heterocycles. The Labute approximate surface area is 236 Å². The Bertz CT molecular complexity index is 1190. The second kappa shape index (κ2) is 14.4. The number of carbonyl (C=O) groups is 4. The Kier molecular flexibility index (Phi) is 11.2. The zero-order chi connectivity index (χ0) is 27.9. The van der Waals surface area contributed by atoms with Crippen LogP contribution in [0.15, 0.2) is 12.1 Å². The van der Waals surface area contributed by atoms with Crippen LogP contribution in [0.25, 0.3) is 0 Å². The third kappa shape index (κ3) is 7.89. The lowest BCUT2D eigenvalue weighted by Gasteiger charge is -2.32. The molecule has 0 bridgehead atoms. The number of ketones is 2. The molecule has 2 aliphatic heterocycles. The van der Waals surface area contributed by atoms with E-state index in [1.54, 1.807) is 6.07 Å². The lowest BCUT2D eigenvalue weighted by atomic mass is 9.97. The van der Waals surface area contributed by atoms with Crippen LogP contribution in [0.1, 0.15) is 86.2 Å². The molecule has 0 spiro atoms. The van der Waals surface area contributed by atoms with E-state index < -0.39 is 5.97 Å². The maximum absolute atomic E-state index is 12.4. The van der Waals surface area contributed by atoms with Gasteiger partial charge in [-0.1, -0.05) is 7.43 Å². The van der Waals surface area contributed by atoms with Crippen molar-refractivity contribution in [1.29, 1.82) is 0 Å². The molecule has 0 aromatic carbocycles. The van der Waals surface area contributed by atoms with Crippen LogP contribution in [0.3, 0.4) is 0 Å². The van der Waals surface area contributed by atoms with Crippen LogP contribution in [0, 0.1) is 0 Å². The van der Waals surface area contributed by atoms with Gasteiger partial charge in [0.15, 0.2) is 11.6 Å². The number of carboxylic acid groups (broad SMARTS) is 1. The zero-order valence-corrected chi connectivity index (χ0v) is 23.0. The summed E-state index contributed by atoms with van der Waals surface area (Å²) in [6.07, 6.45) is 4.47. The number of piperazine rings is 2. The lowest BCUT2D eigenvalue weighted by molar-refractivity contribution is 0.0656. The first kappa shape index (κ1) is 31.3. The molecule has 220 valence electrons. The number of nitrogens with one attached hydrogen (secondary N) is 3. The maximum Gasteiger partial charge on any atom is 0.352 e. The number of aryl methyl sites for hydroxylation is 2. The number of amides is 1. The SMILES string of the molecule is C.CN1CCN(C(=O)c2cc3c([nH]2)CCCC3=O)CC1.CN1CCNCC1.O=C(O)c1cc2c([nH]1)CCCC2=O. The Morgan fingerprint density at radius 1 is 0.725 bits per heavy atom. The van der Waals surface area contributed by atoms with E-state index in [1.165, 1.54) is 19.2 Å². The van der Waals surface area contributed by atoms with E-state index in [9.17, 15) is 19.2 Å². The highest BCUT2D eigenvalue weighted by molar-refractivity contribution is 6.02. The minimum Gasteiger partial charge on any atom is -0.477 e. The molecule has 2 aromatic rings. The Morgan fingerprint density at radius 2 is 1.20 bits per heavy atom. The van der Waals surface area contributed by atoms with Gasteiger partial charge in [0, 0.05) is 87.7 Å². The van der Waals surface area contributed by atoms with Crippen molar-refractivity contribution in [3.05, 3.63) is 46.0 Å². The molecule has 4 aliphatic rings. The number of nitrogens with zero attached hydrogens (tertiary/aromatic N) is 3. The molecular formula is C29H44N6O5. The summed E-state index contributed by atoms with van der Waals surface area (Å²) in [4.78, 5) is 58.4. The molecule has 0 saturated carbocycles. The van der Waals surface area contributed by atoms with Crippen LogP contribution >= 0.6 is 0 Å². The van der Waals surface area contributed by atoms with Crippen molar-refractivity contribution in [2.45, 2.75) is 46.0 Å². The highest BCUT2D eigenvalue weighted by atomic mass is 16.4. The molecule has 2 fully saturated rings. The summed E-state index contributed by atoms with van der Waals surface area (Å²) in [5.41, 5.74) is 3.68. The van der Waals surface area contributed by atoms with Gasteiger partial charge in [-0.15, -0.1) is 0 Å². The van der Waals surface area contributed by atoms with Crippen LogP contribution in [-0.2, 0) is 12.8 Å². The summed E-state index contributed by atoms with van der Waals surface area (Å²) in [5, 5.41) is 12.0. The summed E-state index contributed by atoms with van der Waals surface area (Å²) in [6.45, 7) is 8.07. The number of H-pyrrole nitrogens is 2. The highest BCUT2D eigenvalue weighted by Crippen LogP contribution is 2.23. The van der Waals surface area contributed by atoms with E-state index in [-0.39, 0.29) is 30.6 Å². The number of aromatic nitrogens is 2. The fraction of sp³-hybridized carbons (Fsp3) is 0.586. The fourth-order valence-electron chi connectivity index (χ4n) is 5.19. The average Bonchev–Trinajstić information content (AvgIpc) is 3.57. The van der Waals surface area contributed by atoms with Gasteiger partial charge in [-0.2, -0.15) is 0 Å². The Hall–Kier alpha value is -3.28. The van der Waals surface area contributed by atoms with Gasteiger partial charge < -0.3 is 35.1 Å². The molecule has 1 amide bonds. The molecule has 0 atom stereocenters. The van der Waals surface area contributed by atoms with Crippen LogP contribution in [0.4, 0.5) is 0 Å². The number of rotatable bonds is 2. The van der Waals surface area contributed by atoms with Gasteiger partial charge in [0.1, 0.15) is 11.4 Å². The minimum absolute atomic E-state index is 0. The molecule has 11 nitrogen and oxygen atoms in total. The number of likely N-dealkylation sites (N-methyl/N-ethyl adjacent to an activating group) is 2. The molecule has 2 aliphatic carbocycles. The van der Waals surface area contributed by atoms with Gasteiger partial charge in [0.25, 0.3) is 5.91 Å². The predicted octanol–water partition coefficient (Wildman–Crippen LogP) is 2.31. The molecule has 0 radical (unpaired) electrons. The number of hydrogen-bond acceptors (Lipinski definition) is 7. The molecule has 4 N–H and O–H groups in total. The van der Waals surface area contributed by atoms with E-state index in [4.69, 9.17) is 5.11 Å². The number of aromatic amines is 2. The molecule has 2 saturated heterocycles. The van der Waals surface area contributed by atoms with Gasteiger partial charge in [0.05, 0.1) is 0 Å². The lowest BCUT2D eigenvalue weighted by Crippen LogP contribution is -2.47. The van der Waals surface area contributed by atoms with Crippen molar-refractivity contribution >= 4 is 23.4 Å². The van der Waals surface area contributed by atoms with E-state index in [0.29, 0.717) is 24.1 Å².